The van der Waals surface area contributed by atoms with Gasteiger partial charge in [-0.2, -0.15) is 0 Å². The largest absolute Gasteiger partial charge is 1.00 e. The van der Waals surface area contributed by atoms with Crippen LogP contribution in [0.1, 0.15) is 37.4 Å². The molecule has 30 heavy (non-hydrogen) atoms. The fraction of sp³-hybridized carbons (Fsp3) is 0.500. The van der Waals surface area contributed by atoms with Crippen LogP contribution >= 0.6 is 0 Å². The Morgan fingerprint density at radius 1 is 1.17 bits per heavy atom. The molecule has 7 nitrogen and oxygen atoms in total. The third kappa shape index (κ3) is 3.53. The van der Waals surface area contributed by atoms with E-state index in [0.29, 0.717) is 18.4 Å². The molecule has 0 saturated carbocycles. The van der Waals surface area contributed by atoms with Crippen LogP contribution < -0.4 is 34.3 Å². The molecule has 1 aromatic carbocycles. The van der Waals surface area contributed by atoms with Crippen molar-refractivity contribution in [3.63, 3.8) is 0 Å². The average molecular weight is 521 g/mol. The minimum absolute atomic E-state index is 0. The van der Waals surface area contributed by atoms with Gasteiger partial charge >= 0.3 is 0 Å². The Bertz CT molecular complexity index is 1110. The van der Waals surface area contributed by atoms with E-state index in [1.54, 1.807) is 17.7 Å². The summed E-state index contributed by atoms with van der Waals surface area (Å²) in [5.41, 5.74) is 1.57. The lowest BCUT2D eigenvalue weighted by atomic mass is 9.96. The molecule has 1 unspecified atom stereocenters. The van der Waals surface area contributed by atoms with E-state index in [0.717, 1.165) is 46.0 Å². The van der Waals surface area contributed by atoms with Crippen molar-refractivity contribution in [1.82, 2.24) is 19.6 Å². The average Bonchev–Trinajstić information content (AvgIpc) is 3.19. The number of fused-ring (bicyclic) bond motifs is 3. The molecule has 2 saturated heterocycles. The maximum Gasteiger partial charge on any atom is 0.254 e. The van der Waals surface area contributed by atoms with E-state index in [4.69, 9.17) is 4.74 Å². The number of piperidine rings is 1. The van der Waals surface area contributed by atoms with Gasteiger partial charge in [0.1, 0.15) is 18.1 Å². The number of ether oxygens (including phenoxy) is 1. The molecule has 2 aromatic heterocycles. The lowest BCUT2D eigenvalue weighted by Gasteiger charge is -2.44. The molecular weight excluding hydrogens is 493 g/mol. The molecule has 4 heterocycles. The summed E-state index contributed by atoms with van der Waals surface area (Å²) in [7, 11) is 6.51. The Kier molecular flexibility index (Phi) is 5.65. The number of aryl methyl sites for hydroxylation is 1. The Morgan fingerprint density at radius 2 is 1.87 bits per heavy atom. The molecule has 2 aliphatic heterocycles. The van der Waals surface area contributed by atoms with Crippen LogP contribution in [0.4, 0.5) is 0 Å². The monoisotopic (exact) mass is 521 g/mol. The van der Waals surface area contributed by atoms with Crippen LogP contribution in [-0.4, -0.2) is 50.2 Å². The molecule has 8 heteroatoms. The highest BCUT2D eigenvalue weighted by atomic mass is 127. The molecule has 2 fully saturated rings. The third-order valence-electron chi connectivity index (χ3n) is 7.23. The number of benzene rings is 1. The van der Waals surface area contributed by atoms with Crippen molar-refractivity contribution < 1.29 is 33.2 Å². The third-order valence-corrected chi connectivity index (χ3v) is 7.23. The van der Waals surface area contributed by atoms with Gasteiger partial charge in [-0.3, -0.25) is 4.79 Å². The predicted molar refractivity (Wildman–Crippen MR) is 111 cm³/mol. The smallest absolute Gasteiger partial charge is 0.254 e. The van der Waals surface area contributed by atoms with Crippen molar-refractivity contribution in [3.8, 4) is 5.75 Å². The number of hydrogen-bond donors (Lipinski definition) is 0. The van der Waals surface area contributed by atoms with Gasteiger partial charge in [-0.05, 0) is 12.1 Å². The highest BCUT2D eigenvalue weighted by Gasteiger charge is 2.49. The first-order valence-electron chi connectivity index (χ1n) is 10.4. The maximum atomic E-state index is 12.2. The number of aromatic nitrogens is 4. The fourth-order valence-corrected chi connectivity index (χ4v) is 5.28. The number of nitrogens with zero attached hydrogens (tertiary/aromatic N) is 5. The van der Waals surface area contributed by atoms with Crippen LogP contribution in [0.2, 0.25) is 0 Å². The number of quaternary nitrogens is 1. The van der Waals surface area contributed by atoms with Gasteiger partial charge in [-0.15, -0.1) is 5.10 Å². The number of rotatable bonds is 4. The molecule has 160 valence electrons. The summed E-state index contributed by atoms with van der Waals surface area (Å²) in [6.07, 6.45) is 6.96. The zero-order chi connectivity index (χ0) is 20.2. The van der Waals surface area contributed by atoms with Crippen molar-refractivity contribution >= 4 is 10.9 Å². The van der Waals surface area contributed by atoms with Crippen molar-refractivity contribution in [2.75, 3.05) is 14.1 Å². The summed E-state index contributed by atoms with van der Waals surface area (Å²) in [5.74, 6) is 0.591. The Hall–Kier alpha value is -1.94. The molecule has 0 radical (unpaired) electrons. The normalized spacial score (nSPS) is 24.6. The molecule has 0 spiro atoms. The molecule has 5 rings (SSSR count). The van der Waals surface area contributed by atoms with Crippen molar-refractivity contribution in [1.29, 1.82) is 0 Å². The number of halogens is 1. The van der Waals surface area contributed by atoms with Crippen molar-refractivity contribution in [3.05, 3.63) is 52.6 Å². The summed E-state index contributed by atoms with van der Waals surface area (Å²) in [6, 6.07) is 11.2. The van der Waals surface area contributed by atoms with Crippen LogP contribution in [0.3, 0.4) is 0 Å². The molecule has 2 aliphatic rings. The van der Waals surface area contributed by atoms with Crippen LogP contribution in [0.25, 0.3) is 10.9 Å². The van der Waals surface area contributed by atoms with Gasteiger partial charge in [0.2, 0.25) is 0 Å². The number of para-hydroxylation sites is 1. The molecule has 3 atom stereocenters. The first-order valence-corrected chi connectivity index (χ1v) is 10.4. The van der Waals surface area contributed by atoms with Gasteiger partial charge in [-0.1, -0.05) is 17.3 Å². The lowest BCUT2D eigenvalue weighted by Crippen LogP contribution is -3.00. The van der Waals surface area contributed by atoms with E-state index in [2.05, 4.69) is 24.4 Å². The molecule has 0 aliphatic carbocycles. The Labute approximate surface area is 193 Å². The SMILES string of the molecule is Cn1c(=O)cc(OCc2cn(C3C[C@H]4CC[C@@H](C3)[N+]4(C)C)nn2)c2ccccc21.[I-]. The predicted octanol–water partition coefficient (Wildman–Crippen LogP) is -0.345. The van der Waals surface area contributed by atoms with Gasteiger partial charge in [-0.25, -0.2) is 4.68 Å². The summed E-state index contributed by atoms with van der Waals surface area (Å²) >= 11 is 0. The van der Waals surface area contributed by atoms with Crippen LogP contribution in [0.15, 0.2) is 41.3 Å². The van der Waals surface area contributed by atoms with E-state index in [-0.39, 0.29) is 29.5 Å². The minimum atomic E-state index is -0.0826. The van der Waals surface area contributed by atoms with Crippen LogP contribution in [-0.2, 0) is 13.7 Å². The van der Waals surface area contributed by atoms with E-state index in [1.807, 2.05) is 35.1 Å². The fourth-order valence-electron chi connectivity index (χ4n) is 5.28. The van der Waals surface area contributed by atoms with E-state index in [1.165, 1.54) is 12.8 Å². The van der Waals surface area contributed by atoms with Gasteiger partial charge in [0.15, 0.2) is 0 Å². The summed E-state index contributed by atoms with van der Waals surface area (Å²) in [6.45, 7) is 0.304. The zero-order valence-electron chi connectivity index (χ0n) is 17.7. The van der Waals surface area contributed by atoms with E-state index < -0.39 is 0 Å². The second kappa shape index (κ2) is 7.96. The van der Waals surface area contributed by atoms with Crippen molar-refractivity contribution in [2.24, 2.45) is 7.05 Å². The van der Waals surface area contributed by atoms with Gasteiger partial charge < -0.3 is 37.8 Å². The van der Waals surface area contributed by atoms with Gasteiger partial charge in [0, 0.05) is 44.2 Å². The van der Waals surface area contributed by atoms with Gasteiger partial charge in [0.05, 0.1) is 43.9 Å². The molecular formula is C22H28IN5O2. The summed E-state index contributed by atoms with van der Waals surface area (Å²) in [5, 5.41) is 9.66. The highest BCUT2D eigenvalue weighted by molar-refractivity contribution is 5.85. The first-order chi connectivity index (χ1) is 13.9. The number of pyridine rings is 1. The lowest BCUT2D eigenvalue weighted by molar-refractivity contribution is -0.931. The van der Waals surface area contributed by atoms with E-state index >= 15 is 0 Å². The Balaban J connectivity index is 0.00000218. The summed E-state index contributed by atoms with van der Waals surface area (Å²) in [4.78, 5) is 12.2. The second-order valence-corrected chi connectivity index (χ2v) is 9.04. The molecule has 0 N–H and O–H groups in total. The standard InChI is InChI=1S/C22H28N5O2.HI/c1-25-20-7-5-4-6-19(20)21(12-22(25)28)29-14-15-13-26(24-23-15)16-10-17-8-9-18(11-16)27(17,2)3;/h4-7,12-13,16-18H,8-11,14H2,1-3H3;1H/q+1;/p-1/t16?,17-,18+;. The Morgan fingerprint density at radius 3 is 2.60 bits per heavy atom. The van der Waals surface area contributed by atoms with Crippen LogP contribution in [0.5, 0.6) is 5.75 Å². The quantitative estimate of drug-likeness (QED) is 0.348. The second-order valence-electron chi connectivity index (χ2n) is 9.04. The molecule has 3 aromatic rings. The minimum Gasteiger partial charge on any atom is -1.00 e. The molecule has 0 amide bonds. The first kappa shape index (κ1) is 21.3. The molecule has 2 bridgehead atoms. The maximum absolute atomic E-state index is 12.2. The number of hydrogen-bond acceptors (Lipinski definition) is 4. The van der Waals surface area contributed by atoms with Crippen molar-refractivity contribution in [2.45, 2.75) is 50.4 Å². The van der Waals surface area contributed by atoms with E-state index in [9.17, 15) is 4.79 Å². The van der Waals surface area contributed by atoms with Gasteiger partial charge in [0.25, 0.3) is 5.56 Å². The zero-order valence-corrected chi connectivity index (χ0v) is 19.8. The topological polar surface area (TPSA) is 61.9 Å². The highest BCUT2D eigenvalue weighted by Crippen LogP contribution is 2.43. The summed E-state index contributed by atoms with van der Waals surface area (Å²) < 4.78 is 10.8. The van der Waals surface area contributed by atoms with Crippen LogP contribution in [0, 0.1) is 0 Å².